The van der Waals surface area contributed by atoms with Crippen molar-refractivity contribution in [2.24, 2.45) is 0 Å². The smallest absolute Gasteiger partial charge is 0.121 e. The second kappa shape index (κ2) is 7.16. The highest BCUT2D eigenvalue weighted by Crippen LogP contribution is 2.21. The third kappa shape index (κ3) is 4.25. The van der Waals surface area contributed by atoms with Crippen molar-refractivity contribution in [1.29, 1.82) is 0 Å². The Kier molecular flexibility index (Phi) is 5.26. The molecule has 21 heavy (non-hydrogen) atoms. The van der Waals surface area contributed by atoms with E-state index in [9.17, 15) is 0 Å². The summed E-state index contributed by atoms with van der Waals surface area (Å²) in [6.07, 6.45) is 1.26. The first-order valence-electron chi connectivity index (χ1n) is 7.66. The van der Waals surface area contributed by atoms with E-state index in [2.05, 4.69) is 63.3 Å². The zero-order valence-corrected chi connectivity index (χ0v) is 13.4. The van der Waals surface area contributed by atoms with E-state index < -0.39 is 0 Å². The molecule has 0 heterocycles. The van der Waals surface area contributed by atoms with E-state index in [1.54, 1.807) is 0 Å². The Balaban J connectivity index is 2.05. The number of rotatable bonds is 6. The van der Waals surface area contributed by atoms with Crippen molar-refractivity contribution in [2.45, 2.75) is 46.8 Å². The van der Waals surface area contributed by atoms with Gasteiger partial charge in [0.1, 0.15) is 5.75 Å². The van der Waals surface area contributed by atoms with Crippen molar-refractivity contribution in [3.63, 3.8) is 0 Å². The minimum atomic E-state index is 0.249. The van der Waals surface area contributed by atoms with Crippen LogP contribution >= 0.6 is 0 Å². The van der Waals surface area contributed by atoms with Gasteiger partial charge in [-0.3, -0.25) is 0 Å². The monoisotopic (exact) mass is 283 g/mol. The summed E-state index contributed by atoms with van der Waals surface area (Å²) in [5, 5.41) is 3.49. The maximum Gasteiger partial charge on any atom is 0.121 e. The summed E-state index contributed by atoms with van der Waals surface area (Å²) >= 11 is 0. The Bertz CT molecular complexity index is 572. The molecule has 2 aromatic carbocycles. The first-order chi connectivity index (χ1) is 10.1. The number of hydrogen-bond donors (Lipinski definition) is 1. The van der Waals surface area contributed by atoms with Crippen molar-refractivity contribution in [3.8, 4) is 5.75 Å². The van der Waals surface area contributed by atoms with Crippen LogP contribution in [0.15, 0.2) is 42.5 Å². The highest BCUT2D eigenvalue weighted by atomic mass is 16.5. The molecule has 1 atom stereocenters. The normalized spacial score (nSPS) is 12.0. The van der Waals surface area contributed by atoms with Crippen LogP contribution in [-0.2, 0) is 6.54 Å². The largest absolute Gasteiger partial charge is 0.491 e. The highest BCUT2D eigenvalue weighted by Gasteiger charge is 2.04. The predicted molar refractivity (Wildman–Crippen MR) is 90.1 cm³/mol. The van der Waals surface area contributed by atoms with Crippen LogP contribution < -0.4 is 10.1 Å². The van der Waals surface area contributed by atoms with E-state index in [1.165, 1.54) is 16.7 Å². The SMILES string of the molecule is CCC(C)Oc1cccc(NCc2c(C)cccc2C)c1. The van der Waals surface area contributed by atoms with Gasteiger partial charge in [-0.2, -0.15) is 0 Å². The fourth-order valence-electron chi connectivity index (χ4n) is 2.31. The molecule has 2 nitrogen and oxygen atoms in total. The molecule has 2 rings (SSSR count). The summed E-state index contributed by atoms with van der Waals surface area (Å²) in [7, 11) is 0. The van der Waals surface area contributed by atoms with E-state index in [1.807, 2.05) is 12.1 Å². The minimum absolute atomic E-state index is 0.249. The molecule has 0 saturated carbocycles. The van der Waals surface area contributed by atoms with Crippen LogP contribution in [0.3, 0.4) is 0 Å². The van der Waals surface area contributed by atoms with Gasteiger partial charge in [0.25, 0.3) is 0 Å². The fourth-order valence-corrected chi connectivity index (χ4v) is 2.31. The van der Waals surface area contributed by atoms with Crippen molar-refractivity contribution < 1.29 is 4.74 Å². The highest BCUT2D eigenvalue weighted by molar-refractivity contribution is 5.49. The molecule has 0 aliphatic rings. The lowest BCUT2D eigenvalue weighted by Crippen LogP contribution is -2.10. The molecule has 2 heteroatoms. The topological polar surface area (TPSA) is 21.3 Å². The second-order valence-electron chi connectivity index (χ2n) is 5.59. The molecule has 1 unspecified atom stereocenters. The maximum atomic E-state index is 5.86. The molecule has 1 N–H and O–H groups in total. The van der Waals surface area contributed by atoms with E-state index in [0.717, 1.165) is 24.4 Å². The van der Waals surface area contributed by atoms with Gasteiger partial charge in [-0.15, -0.1) is 0 Å². The summed E-state index contributed by atoms with van der Waals surface area (Å²) in [4.78, 5) is 0. The first-order valence-corrected chi connectivity index (χ1v) is 7.66. The van der Waals surface area contributed by atoms with Crippen LogP contribution in [-0.4, -0.2) is 6.10 Å². The molecule has 0 bridgehead atoms. The van der Waals surface area contributed by atoms with Gasteiger partial charge >= 0.3 is 0 Å². The predicted octanol–water partition coefficient (Wildman–Crippen LogP) is 5.09. The van der Waals surface area contributed by atoms with Crippen LogP contribution in [0.25, 0.3) is 0 Å². The summed E-state index contributed by atoms with van der Waals surface area (Å²) in [6, 6.07) is 14.6. The van der Waals surface area contributed by atoms with E-state index >= 15 is 0 Å². The van der Waals surface area contributed by atoms with Crippen LogP contribution in [0.2, 0.25) is 0 Å². The molecule has 0 radical (unpaired) electrons. The lowest BCUT2D eigenvalue weighted by molar-refractivity contribution is 0.217. The van der Waals surface area contributed by atoms with Gasteiger partial charge in [-0.1, -0.05) is 31.2 Å². The average Bonchev–Trinajstić information content (AvgIpc) is 2.47. The van der Waals surface area contributed by atoms with E-state index in [-0.39, 0.29) is 6.10 Å². The number of ether oxygens (including phenoxy) is 1. The zero-order valence-electron chi connectivity index (χ0n) is 13.4. The van der Waals surface area contributed by atoms with Gasteiger partial charge < -0.3 is 10.1 Å². The van der Waals surface area contributed by atoms with Crippen molar-refractivity contribution in [3.05, 3.63) is 59.2 Å². The molecule has 112 valence electrons. The number of hydrogen-bond acceptors (Lipinski definition) is 2. The maximum absolute atomic E-state index is 5.86. The zero-order chi connectivity index (χ0) is 15.2. The van der Waals surface area contributed by atoms with Gasteiger partial charge in [-0.05, 0) is 56.0 Å². The number of nitrogens with one attached hydrogen (secondary N) is 1. The number of benzene rings is 2. The Morgan fingerprint density at radius 2 is 1.71 bits per heavy atom. The van der Waals surface area contributed by atoms with Gasteiger partial charge in [0.2, 0.25) is 0 Å². The number of anilines is 1. The van der Waals surface area contributed by atoms with Gasteiger partial charge in [0, 0.05) is 18.3 Å². The van der Waals surface area contributed by atoms with Crippen LogP contribution in [0.5, 0.6) is 5.75 Å². The Hall–Kier alpha value is -1.96. The van der Waals surface area contributed by atoms with Gasteiger partial charge in [-0.25, -0.2) is 0 Å². The van der Waals surface area contributed by atoms with Gasteiger partial charge in [0.05, 0.1) is 6.10 Å². The Morgan fingerprint density at radius 3 is 2.38 bits per heavy atom. The Labute approximate surface area is 128 Å². The fraction of sp³-hybridized carbons (Fsp3) is 0.368. The van der Waals surface area contributed by atoms with Crippen LogP contribution in [0.4, 0.5) is 5.69 Å². The molecule has 0 saturated heterocycles. The van der Waals surface area contributed by atoms with Gasteiger partial charge in [0.15, 0.2) is 0 Å². The summed E-state index contributed by atoms with van der Waals surface area (Å²) < 4.78 is 5.86. The molecule has 0 aliphatic carbocycles. The lowest BCUT2D eigenvalue weighted by Gasteiger charge is -2.15. The average molecular weight is 283 g/mol. The molecule has 0 aliphatic heterocycles. The summed E-state index contributed by atoms with van der Waals surface area (Å²) in [5.74, 6) is 0.927. The molecule has 0 amide bonds. The molecule has 0 spiro atoms. The first kappa shape index (κ1) is 15.4. The lowest BCUT2D eigenvalue weighted by atomic mass is 10.0. The molecule has 0 aromatic heterocycles. The summed E-state index contributed by atoms with van der Waals surface area (Å²) in [6.45, 7) is 9.38. The standard InChI is InChI=1S/C19H25NO/c1-5-16(4)21-18-11-7-10-17(12-18)20-13-19-14(2)8-6-9-15(19)3/h6-12,16,20H,5,13H2,1-4H3. The number of aryl methyl sites for hydroxylation is 2. The molecule has 2 aromatic rings. The Morgan fingerprint density at radius 1 is 1.05 bits per heavy atom. The third-order valence-corrected chi connectivity index (χ3v) is 3.86. The van der Waals surface area contributed by atoms with Crippen LogP contribution in [0, 0.1) is 13.8 Å². The minimum Gasteiger partial charge on any atom is -0.491 e. The third-order valence-electron chi connectivity index (χ3n) is 3.86. The quantitative estimate of drug-likeness (QED) is 0.797. The molecule has 0 fully saturated rings. The van der Waals surface area contributed by atoms with Crippen LogP contribution in [0.1, 0.15) is 37.0 Å². The molecular weight excluding hydrogens is 258 g/mol. The molecular formula is C19H25NO. The second-order valence-corrected chi connectivity index (χ2v) is 5.59. The summed E-state index contributed by atoms with van der Waals surface area (Å²) in [5.41, 5.74) is 5.12. The van der Waals surface area contributed by atoms with E-state index in [0.29, 0.717) is 0 Å². The van der Waals surface area contributed by atoms with E-state index in [4.69, 9.17) is 4.74 Å². The van der Waals surface area contributed by atoms with Crippen molar-refractivity contribution in [1.82, 2.24) is 0 Å². The van der Waals surface area contributed by atoms with Crippen molar-refractivity contribution >= 4 is 5.69 Å². The van der Waals surface area contributed by atoms with Crippen molar-refractivity contribution in [2.75, 3.05) is 5.32 Å².